The van der Waals surface area contributed by atoms with Crippen molar-refractivity contribution in [2.75, 3.05) is 6.61 Å². The number of carbonyl (C=O) groups excluding carboxylic acids is 1. The highest BCUT2D eigenvalue weighted by molar-refractivity contribution is 7.47. The number of aromatic nitrogens is 2. The highest BCUT2D eigenvalue weighted by Crippen LogP contribution is 2.52. The van der Waals surface area contributed by atoms with E-state index in [2.05, 4.69) is 4.52 Å². The van der Waals surface area contributed by atoms with Crippen molar-refractivity contribution in [2.45, 2.75) is 24.9 Å². The molecule has 1 aromatic heterocycles. The van der Waals surface area contributed by atoms with Gasteiger partial charge in [0.25, 0.3) is 5.56 Å². The van der Waals surface area contributed by atoms with Crippen LogP contribution in [0.25, 0.3) is 0 Å². The summed E-state index contributed by atoms with van der Waals surface area (Å²) in [4.78, 5) is 44.9. The van der Waals surface area contributed by atoms with E-state index in [1.807, 2.05) is 0 Å². The Morgan fingerprint density at radius 2 is 2.14 bits per heavy atom. The van der Waals surface area contributed by atoms with Crippen LogP contribution < -0.4 is 11.2 Å². The van der Waals surface area contributed by atoms with Crippen LogP contribution in [0.4, 0.5) is 4.39 Å². The maximum absolute atomic E-state index is 13.7. The zero-order valence-corrected chi connectivity index (χ0v) is 11.7. The maximum atomic E-state index is 13.7. The van der Waals surface area contributed by atoms with Crippen LogP contribution in [0.15, 0.2) is 9.59 Å². The van der Waals surface area contributed by atoms with E-state index in [1.165, 1.54) is 0 Å². The fraction of sp³-hybridized carbons (Fsp3) is 0.500. The molecule has 12 heteroatoms. The Labute approximate surface area is 121 Å². The van der Waals surface area contributed by atoms with Crippen molar-refractivity contribution in [1.29, 1.82) is 0 Å². The summed E-state index contributed by atoms with van der Waals surface area (Å²) in [5.74, 6) is -1.42. The molecule has 0 aliphatic carbocycles. The average molecular weight is 336 g/mol. The van der Waals surface area contributed by atoms with Crippen molar-refractivity contribution in [3.05, 3.63) is 32.3 Å². The molecule has 0 bridgehead atoms. The smallest absolute Gasteiger partial charge is 0.349 e. The van der Waals surface area contributed by atoms with Crippen molar-refractivity contribution in [3.8, 4) is 0 Å². The highest BCUT2D eigenvalue weighted by Gasteiger charge is 2.47. The third-order valence-electron chi connectivity index (χ3n) is 3.37. The molecule has 3 rings (SSSR count). The van der Waals surface area contributed by atoms with Gasteiger partial charge in [-0.25, -0.2) is 9.36 Å². The molecule has 2 aliphatic heterocycles. The highest BCUT2D eigenvalue weighted by atomic mass is 31.2. The van der Waals surface area contributed by atoms with Crippen LogP contribution in [0.2, 0.25) is 0 Å². The van der Waals surface area contributed by atoms with Crippen LogP contribution in [-0.4, -0.2) is 39.5 Å². The molecule has 10 nitrogen and oxygen atoms in total. The molecule has 2 fully saturated rings. The van der Waals surface area contributed by atoms with Crippen LogP contribution in [-0.2, 0) is 18.3 Å². The van der Waals surface area contributed by atoms with Crippen molar-refractivity contribution in [1.82, 2.24) is 9.55 Å². The zero-order valence-electron chi connectivity index (χ0n) is 10.8. The molecule has 2 saturated heterocycles. The summed E-state index contributed by atoms with van der Waals surface area (Å²) in [6.45, 7) is -0.258. The minimum absolute atomic E-state index is 0.0194. The van der Waals surface area contributed by atoms with Crippen LogP contribution >= 0.6 is 7.82 Å². The molecule has 0 spiro atoms. The number of halogens is 1. The maximum Gasteiger partial charge on any atom is 0.472 e. The van der Waals surface area contributed by atoms with E-state index in [4.69, 9.17) is 9.26 Å². The van der Waals surface area contributed by atoms with Gasteiger partial charge in [-0.15, -0.1) is 0 Å². The fourth-order valence-corrected chi connectivity index (χ4v) is 3.39. The Kier molecular flexibility index (Phi) is 3.62. The first-order chi connectivity index (χ1) is 10.3. The minimum atomic E-state index is -4.19. The quantitative estimate of drug-likeness (QED) is 0.534. The summed E-state index contributed by atoms with van der Waals surface area (Å²) in [5, 5.41) is 0. The van der Waals surface area contributed by atoms with Gasteiger partial charge in [-0.2, -0.15) is 4.39 Å². The first-order valence-corrected chi connectivity index (χ1v) is 7.62. The van der Waals surface area contributed by atoms with Gasteiger partial charge in [0.05, 0.1) is 6.61 Å². The summed E-state index contributed by atoms with van der Waals surface area (Å²) < 4.78 is 40.4. The van der Waals surface area contributed by atoms with E-state index in [-0.39, 0.29) is 19.3 Å². The lowest BCUT2D eigenvalue weighted by molar-refractivity contribution is -0.0684. The van der Waals surface area contributed by atoms with E-state index in [9.17, 15) is 28.2 Å². The number of H-pyrrole nitrogens is 1. The number of nitrogens with one attached hydrogen (secondary N) is 1. The van der Waals surface area contributed by atoms with E-state index >= 15 is 0 Å². The van der Waals surface area contributed by atoms with Gasteiger partial charge >= 0.3 is 13.5 Å². The number of phosphoric ester groups is 1. The third kappa shape index (κ3) is 2.46. The normalized spacial score (nSPS) is 34.4. The second-order valence-corrected chi connectivity index (χ2v) is 6.13. The molecule has 4 atom stereocenters. The second kappa shape index (κ2) is 5.21. The largest absolute Gasteiger partial charge is 0.472 e. The summed E-state index contributed by atoms with van der Waals surface area (Å²) >= 11 is 0. The number of hydrogen-bond donors (Lipinski definition) is 2. The molecular formula is C10H10FN2O8P. The first-order valence-electron chi connectivity index (χ1n) is 6.13. The predicted molar refractivity (Wildman–Crippen MR) is 65.8 cm³/mol. The number of nitrogens with zero attached hydrogens (tertiary/aromatic N) is 1. The molecule has 3 heterocycles. The number of rotatable bonds is 2. The standard InChI is InChI=1S/C10H10FN2O8P/c11-8-4(2-14)13(10(16)12-9(8)15)7-1-5-6(20-7)3-19-22(17,18)21-5/h2,5-7H,1,3H2,(H,17,18)(H,12,15,16)/t5-,6+,7+/m0/s1. The summed E-state index contributed by atoms with van der Waals surface area (Å²) in [6, 6.07) is 0. The molecule has 1 unspecified atom stereocenters. The molecule has 120 valence electrons. The second-order valence-electron chi connectivity index (χ2n) is 4.72. The van der Waals surface area contributed by atoms with Gasteiger partial charge in [-0.3, -0.25) is 28.2 Å². The van der Waals surface area contributed by atoms with Crippen molar-refractivity contribution >= 4 is 14.1 Å². The van der Waals surface area contributed by atoms with E-state index in [0.717, 1.165) is 0 Å². The van der Waals surface area contributed by atoms with Crippen LogP contribution in [0.1, 0.15) is 23.1 Å². The van der Waals surface area contributed by atoms with E-state index in [0.29, 0.717) is 4.57 Å². The van der Waals surface area contributed by atoms with Gasteiger partial charge in [-0.1, -0.05) is 0 Å². The lowest BCUT2D eigenvalue weighted by Crippen LogP contribution is -2.37. The Morgan fingerprint density at radius 1 is 1.41 bits per heavy atom. The molecule has 0 amide bonds. The summed E-state index contributed by atoms with van der Waals surface area (Å²) in [7, 11) is -4.19. The van der Waals surface area contributed by atoms with Crippen molar-refractivity contribution in [2.24, 2.45) is 0 Å². The number of ether oxygens (including phenoxy) is 1. The van der Waals surface area contributed by atoms with Crippen LogP contribution in [0.3, 0.4) is 0 Å². The van der Waals surface area contributed by atoms with Gasteiger partial charge < -0.3 is 9.63 Å². The van der Waals surface area contributed by atoms with Crippen LogP contribution in [0, 0.1) is 5.82 Å². The fourth-order valence-electron chi connectivity index (χ4n) is 2.43. The number of aromatic amines is 1. The van der Waals surface area contributed by atoms with Crippen LogP contribution in [0.5, 0.6) is 0 Å². The molecule has 2 N–H and O–H groups in total. The molecule has 0 aromatic carbocycles. The van der Waals surface area contributed by atoms with Crippen molar-refractivity contribution in [3.63, 3.8) is 0 Å². The first kappa shape index (κ1) is 15.3. The minimum Gasteiger partial charge on any atom is -0.349 e. The van der Waals surface area contributed by atoms with E-state index < -0.39 is 49.0 Å². The molecule has 0 radical (unpaired) electrons. The van der Waals surface area contributed by atoms with Crippen molar-refractivity contribution < 1.29 is 32.4 Å². The molecule has 1 aromatic rings. The molecular weight excluding hydrogens is 326 g/mol. The van der Waals surface area contributed by atoms with Gasteiger partial charge in [0.15, 0.2) is 6.29 Å². The summed E-state index contributed by atoms with van der Waals surface area (Å²) in [6.07, 6.45) is -2.84. The lowest BCUT2D eigenvalue weighted by atomic mass is 10.2. The van der Waals surface area contributed by atoms with E-state index in [1.54, 1.807) is 4.98 Å². The van der Waals surface area contributed by atoms with Gasteiger partial charge in [0.2, 0.25) is 5.82 Å². The molecule has 2 aliphatic rings. The van der Waals surface area contributed by atoms with Gasteiger partial charge in [0.1, 0.15) is 24.1 Å². The number of hydrogen-bond acceptors (Lipinski definition) is 7. The SMILES string of the molecule is O=Cc1c(F)c(=O)[nH]c(=O)n1[C@H]1C[C@@H]2OP(=O)(O)OC[C@H]2O1. The Balaban J connectivity index is 1.99. The Morgan fingerprint density at radius 3 is 2.82 bits per heavy atom. The zero-order chi connectivity index (χ0) is 16.1. The number of aldehydes is 1. The summed E-state index contributed by atoms with van der Waals surface area (Å²) in [5.41, 5.74) is -3.13. The molecule has 0 saturated carbocycles. The predicted octanol–water partition coefficient (Wildman–Crippen LogP) is -0.709. The average Bonchev–Trinajstić information content (AvgIpc) is 2.83. The lowest BCUT2D eigenvalue weighted by Gasteiger charge is -2.26. The number of carbonyl (C=O) groups is 1. The Bertz CT molecular complexity index is 788. The Hall–Kier alpha value is -1.65. The van der Waals surface area contributed by atoms with Gasteiger partial charge in [0, 0.05) is 6.42 Å². The number of phosphoric acid groups is 1. The topological polar surface area (TPSA) is 137 Å². The number of fused-ring (bicyclic) bond motifs is 1. The van der Waals surface area contributed by atoms with Gasteiger partial charge in [-0.05, 0) is 0 Å². The monoisotopic (exact) mass is 336 g/mol. The molecule has 22 heavy (non-hydrogen) atoms. The third-order valence-corrected chi connectivity index (χ3v) is 4.39.